The van der Waals surface area contributed by atoms with Crippen LogP contribution in [0, 0.1) is 0 Å². The van der Waals surface area contributed by atoms with Crippen molar-refractivity contribution in [1.29, 1.82) is 0 Å². The van der Waals surface area contributed by atoms with E-state index in [1.54, 1.807) is 6.08 Å². The number of unbranched alkanes of at least 4 members (excludes halogenated alkanes) is 32. The summed E-state index contributed by atoms with van der Waals surface area (Å²) in [6.07, 6.45) is 60.5. The molecule has 1 heterocycles. The fraction of sp³-hybridized carbons (Fsp3) is 0.815. The Hall–Kier alpha value is -2.64. The summed E-state index contributed by atoms with van der Waals surface area (Å²) in [6.45, 7) is 4.27. The van der Waals surface area contributed by atoms with Crippen molar-refractivity contribution in [1.82, 2.24) is 5.32 Å². The highest BCUT2D eigenvalue weighted by Crippen LogP contribution is 2.23. The Kier molecular flexibility index (Phi) is 51.0. The number of carbonyl (C=O) groups excluding carboxylic acids is 2. The Balaban J connectivity index is 2.04. The van der Waals surface area contributed by atoms with Gasteiger partial charge in [-0.25, -0.2) is 0 Å². The second-order valence-corrected chi connectivity index (χ2v) is 21.7. The van der Waals surface area contributed by atoms with Crippen LogP contribution in [0.3, 0.4) is 0 Å². The van der Waals surface area contributed by atoms with Crippen molar-refractivity contribution in [2.45, 2.75) is 320 Å². The number of aliphatic hydroxyl groups excluding tert-OH is 5. The van der Waals surface area contributed by atoms with Crippen LogP contribution in [0.4, 0.5) is 0 Å². The van der Waals surface area contributed by atoms with Gasteiger partial charge in [-0.1, -0.05) is 222 Å². The van der Waals surface area contributed by atoms with E-state index in [0.29, 0.717) is 19.4 Å². The lowest BCUT2D eigenvalue weighted by molar-refractivity contribution is -0.302. The first kappa shape index (κ1) is 71.4. The Labute approximate surface area is 465 Å². The van der Waals surface area contributed by atoms with E-state index in [-0.39, 0.29) is 18.5 Å². The van der Waals surface area contributed by atoms with Gasteiger partial charge in [-0.05, 0) is 103 Å². The first-order valence-electron chi connectivity index (χ1n) is 31.6. The van der Waals surface area contributed by atoms with Crippen molar-refractivity contribution in [3.63, 3.8) is 0 Å². The molecule has 6 N–H and O–H groups in total. The maximum Gasteiger partial charge on any atom is 0.305 e. The molecule has 7 atom stereocenters. The van der Waals surface area contributed by atoms with Crippen molar-refractivity contribution in [3.8, 4) is 0 Å². The van der Waals surface area contributed by atoms with E-state index in [4.69, 9.17) is 14.2 Å². The summed E-state index contributed by atoms with van der Waals surface area (Å²) < 4.78 is 16.7. The van der Waals surface area contributed by atoms with E-state index in [1.165, 1.54) is 167 Å². The molecule has 0 aromatic rings. The lowest BCUT2D eigenvalue weighted by Gasteiger charge is -2.40. The van der Waals surface area contributed by atoms with Crippen LogP contribution < -0.4 is 5.32 Å². The van der Waals surface area contributed by atoms with Crippen LogP contribution in [0.25, 0.3) is 0 Å². The van der Waals surface area contributed by atoms with Gasteiger partial charge in [0.2, 0.25) is 5.91 Å². The van der Waals surface area contributed by atoms with Crippen LogP contribution in [0.5, 0.6) is 0 Å². The first-order chi connectivity index (χ1) is 37.2. The van der Waals surface area contributed by atoms with Crippen LogP contribution in [-0.4, -0.2) is 100 Å². The van der Waals surface area contributed by atoms with E-state index in [0.717, 1.165) is 83.5 Å². The summed E-state index contributed by atoms with van der Waals surface area (Å²) >= 11 is 0. The molecule has 7 unspecified atom stereocenters. The molecular formula is C65H117NO10. The molecule has 1 aliphatic rings. The Morgan fingerprint density at radius 1 is 0.487 bits per heavy atom. The van der Waals surface area contributed by atoms with Crippen LogP contribution >= 0.6 is 0 Å². The van der Waals surface area contributed by atoms with Crippen LogP contribution in [0.1, 0.15) is 277 Å². The topological polar surface area (TPSA) is 175 Å². The Morgan fingerprint density at radius 3 is 1.41 bits per heavy atom. The van der Waals surface area contributed by atoms with Gasteiger partial charge >= 0.3 is 5.97 Å². The number of ether oxygens (including phenoxy) is 3. The lowest BCUT2D eigenvalue weighted by atomic mass is 9.99. The zero-order valence-electron chi connectivity index (χ0n) is 48.7. The largest absolute Gasteiger partial charge is 0.466 e. The molecule has 0 saturated carbocycles. The molecular weight excluding hydrogens is 955 g/mol. The van der Waals surface area contributed by atoms with Gasteiger partial charge in [0.15, 0.2) is 6.29 Å². The van der Waals surface area contributed by atoms with Crippen molar-refractivity contribution < 1.29 is 49.3 Å². The van der Waals surface area contributed by atoms with E-state index in [2.05, 4.69) is 67.8 Å². The molecule has 11 nitrogen and oxygen atoms in total. The molecule has 1 amide bonds. The van der Waals surface area contributed by atoms with Gasteiger partial charge < -0.3 is 45.1 Å². The van der Waals surface area contributed by atoms with Gasteiger partial charge in [-0.3, -0.25) is 9.59 Å². The summed E-state index contributed by atoms with van der Waals surface area (Å²) in [5, 5.41) is 54.3. The van der Waals surface area contributed by atoms with Gasteiger partial charge in [0.05, 0.1) is 32.0 Å². The molecule has 0 spiro atoms. The minimum absolute atomic E-state index is 0.0128. The number of amides is 1. The molecule has 1 fully saturated rings. The third-order valence-electron chi connectivity index (χ3n) is 14.6. The third-order valence-corrected chi connectivity index (χ3v) is 14.6. The molecule has 1 saturated heterocycles. The fourth-order valence-electron chi connectivity index (χ4n) is 9.53. The number of hydrogen-bond donors (Lipinski definition) is 6. The highest BCUT2D eigenvalue weighted by Gasteiger charge is 2.44. The summed E-state index contributed by atoms with van der Waals surface area (Å²) in [7, 11) is 0. The van der Waals surface area contributed by atoms with Crippen LogP contribution in [-0.2, 0) is 23.8 Å². The number of carbonyl (C=O) groups is 2. The summed E-state index contributed by atoms with van der Waals surface area (Å²) in [5.74, 6) is -0.213. The average molecular weight is 1070 g/mol. The number of esters is 1. The number of allylic oxidation sites excluding steroid dienone is 9. The van der Waals surface area contributed by atoms with E-state index in [9.17, 15) is 35.1 Å². The zero-order valence-corrected chi connectivity index (χ0v) is 48.7. The molecule has 11 heteroatoms. The summed E-state index contributed by atoms with van der Waals surface area (Å²) in [5.41, 5.74) is 0. The van der Waals surface area contributed by atoms with E-state index < -0.39 is 49.5 Å². The Morgan fingerprint density at radius 2 is 0.895 bits per heavy atom. The van der Waals surface area contributed by atoms with Gasteiger partial charge in [0.1, 0.15) is 24.4 Å². The van der Waals surface area contributed by atoms with Crippen molar-refractivity contribution in [3.05, 3.63) is 60.8 Å². The van der Waals surface area contributed by atoms with E-state index in [1.807, 2.05) is 6.08 Å². The number of aliphatic hydroxyl groups is 5. The fourth-order valence-corrected chi connectivity index (χ4v) is 9.53. The highest BCUT2D eigenvalue weighted by molar-refractivity contribution is 5.76. The second-order valence-electron chi connectivity index (χ2n) is 21.7. The molecule has 0 bridgehead atoms. The first-order valence-corrected chi connectivity index (χ1v) is 31.6. The minimum Gasteiger partial charge on any atom is -0.466 e. The number of nitrogens with one attached hydrogen (secondary N) is 1. The predicted molar refractivity (Wildman–Crippen MR) is 315 cm³/mol. The maximum absolute atomic E-state index is 13.0. The minimum atomic E-state index is -1.58. The maximum atomic E-state index is 13.0. The predicted octanol–water partition coefficient (Wildman–Crippen LogP) is 15.0. The molecule has 0 radical (unpaired) electrons. The van der Waals surface area contributed by atoms with Crippen LogP contribution in [0.2, 0.25) is 0 Å². The molecule has 76 heavy (non-hydrogen) atoms. The molecule has 0 aromatic carbocycles. The van der Waals surface area contributed by atoms with Gasteiger partial charge in [-0.15, -0.1) is 0 Å². The summed E-state index contributed by atoms with van der Waals surface area (Å²) in [6, 6.07) is -0.832. The van der Waals surface area contributed by atoms with Crippen molar-refractivity contribution in [2.24, 2.45) is 0 Å². The van der Waals surface area contributed by atoms with Gasteiger partial charge in [-0.2, -0.15) is 0 Å². The SMILES string of the molecule is CCCCC/C=C\CCCCCCCC(=O)OCCCCCCCCCCC/C=C\C/C=C\CCCCCCCCCCCC(=O)NC(COC1OC(CO)C(O)C(O)C1O)C(O)/C=C/CC/C=C/CCCCCCC. The van der Waals surface area contributed by atoms with E-state index >= 15 is 0 Å². The number of rotatable bonds is 54. The highest BCUT2D eigenvalue weighted by atomic mass is 16.7. The smallest absolute Gasteiger partial charge is 0.305 e. The van der Waals surface area contributed by atoms with Crippen molar-refractivity contribution in [2.75, 3.05) is 19.8 Å². The monoisotopic (exact) mass is 1070 g/mol. The zero-order chi connectivity index (χ0) is 55.2. The quantitative estimate of drug-likeness (QED) is 0.0195. The molecule has 1 aliphatic heterocycles. The Bertz CT molecular complexity index is 1450. The average Bonchev–Trinajstić information content (AvgIpc) is 3.42. The van der Waals surface area contributed by atoms with Crippen LogP contribution in [0.15, 0.2) is 60.8 Å². The summed E-state index contributed by atoms with van der Waals surface area (Å²) in [4.78, 5) is 25.0. The van der Waals surface area contributed by atoms with Gasteiger partial charge in [0, 0.05) is 12.8 Å². The normalized spacial score (nSPS) is 19.1. The van der Waals surface area contributed by atoms with Crippen molar-refractivity contribution >= 4 is 11.9 Å². The van der Waals surface area contributed by atoms with Gasteiger partial charge in [0.25, 0.3) is 0 Å². The molecule has 0 aliphatic carbocycles. The third kappa shape index (κ3) is 43.3. The molecule has 1 rings (SSSR count). The lowest BCUT2D eigenvalue weighted by Crippen LogP contribution is -2.60. The number of hydrogen-bond acceptors (Lipinski definition) is 10. The molecule has 442 valence electrons. The molecule has 0 aromatic heterocycles. The standard InChI is InChI=1S/C65H117NO10/c1-3-5-7-9-11-13-15-33-37-41-45-49-53-61(70)74-54-50-46-42-38-34-30-28-26-24-22-20-18-16-17-19-21-23-25-27-29-32-36-40-44-48-52-60(69)66-57(56-75-65-64(73)63(72)62(71)59(55-67)76-65)58(68)51-47-43-39-35-31-14-12-10-8-6-4-2/h11,13,17-20,31,35,47,51,57-59,62-65,67-68,71-73H,3-10,12,14-16,21-30,32-34,36-46,48-50,52-56H2,1-2H3,(H,66,69)/b13-11-,19-17-,20-18-,35-31+,51-47+. The second kappa shape index (κ2) is 54.3.